The molecule has 0 aliphatic carbocycles. The normalized spacial score (nSPS) is 13.8. The lowest BCUT2D eigenvalue weighted by molar-refractivity contribution is -0.120. The molecule has 1 aromatic heterocycles. The molecule has 1 aliphatic rings. The van der Waals surface area contributed by atoms with Crippen molar-refractivity contribution in [2.75, 3.05) is 19.8 Å². The number of amides is 2. The van der Waals surface area contributed by atoms with Gasteiger partial charge in [-0.15, -0.1) is 11.3 Å². The van der Waals surface area contributed by atoms with E-state index in [0.29, 0.717) is 29.6 Å². The van der Waals surface area contributed by atoms with Gasteiger partial charge in [0.25, 0.3) is 5.91 Å². The van der Waals surface area contributed by atoms with Gasteiger partial charge in [-0.2, -0.15) is 0 Å². The van der Waals surface area contributed by atoms with Crippen LogP contribution in [-0.4, -0.2) is 31.6 Å². The first-order chi connectivity index (χ1) is 12.0. The minimum absolute atomic E-state index is 0.0648. The summed E-state index contributed by atoms with van der Waals surface area (Å²) in [4.78, 5) is 25.7. The van der Waals surface area contributed by atoms with Gasteiger partial charge in [0.2, 0.25) is 5.91 Å². The van der Waals surface area contributed by atoms with Gasteiger partial charge in [0, 0.05) is 4.88 Å². The summed E-state index contributed by atoms with van der Waals surface area (Å²) >= 11 is 1.40. The highest BCUT2D eigenvalue weighted by Crippen LogP contribution is 2.32. The average Bonchev–Trinajstić information content (AvgIpc) is 3.05. The summed E-state index contributed by atoms with van der Waals surface area (Å²) in [6.07, 6.45) is 0. The van der Waals surface area contributed by atoms with E-state index in [9.17, 15) is 9.59 Å². The average molecular weight is 360 g/mol. The van der Waals surface area contributed by atoms with Gasteiger partial charge < -0.3 is 20.1 Å². The maximum absolute atomic E-state index is 12.1. The molecule has 25 heavy (non-hydrogen) atoms. The quantitative estimate of drug-likeness (QED) is 0.859. The fourth-order valence-electron chi connectivity index (χ4n) is 2.51. The fourth-order valence-corrected chi connectivity index (χ4v) is 3.29. The summed E-state index contributed by atoms with van der Waals surface area (Å²) in [5.74, 6) is 0.919. The first-order valence-corrected chi connectivity index (χ1v) is 8.88. The molecule has 2 heterocycles. The van der Waals surface area contributed by atoms with Gasteiger partial charge in [-0.1, -0.05) is 6.07 Å². The molecule has 1 aliphatic heterocycles. The molecule has 0 saturated heterocycles. The SMILES string of the molecule is Cc1ccc(C(=O)NCC(=O)NC(C)c2ccc3c(c2)OCCO3)s1. The Kier molecular flexibility index (Phi) is 5.23. The first kappa shape index (κ1) is 17.3. The summed E-state index contributed by atoms with van der Waals surface area (Å²) in [7, 11) is 0. The molecule has 132 valence electrons. The third kappa shape index (κ3) is 4.30. The minimum Gasteiger partial charge on any atom is -0.486 e. The van der Waals surface area contributed by atoms with Crippen LogP contribution in [0.25, 0.3) is 0 Å². The van der Waals surface area contributed by atoms with Gasteiger partial charge in [0.05, 0.1) is 17.5 Å². The van der Waals surface area contributed by atoms with Gasteiger partial charge in [-0.05, 0) is 43.7 Å². The molecule has 1 aromatic carbocycles. The Hall–Kier alpha value is -2.54. The molecule has 2 aromatic rings. The zero-order valence-corrected chi connectivity index (χ0v) is 14.9. The third-order valence-corrected chi connectivity index (χ3v) is 4.82. The largest absolute Gasteiger partial charge is 0.486 e. The number of benzene rings is 1. The predicted octanol–water partition coefficient (Wildman–Crippen LogP) is 2.43. The monoisotopic (exact) mass is 360 g/mol. The maximum atomic E-state index is 12.1. The summed E-state index contributed by atoms with van der Waals surface area (Å²) in [5.41, 5.74) is 0.915. The van der Waals surface area contributed by atoms with E-state index in [0.717, 1.165) is 10.4 Å². The fraction of sp³-hybridized carbons (Fsp3) is 0.333. The zero-order chi connectivity index (χ0) is 17.8. The summed E-state index contributed by atoms with van der Waals surface area (Å²) in [6.45, 7) is 4.81. The van der Waals surface area contributed by atoms with Gasteiger partial charge in [0.1, 0.15) is 13.2 Å². The van der Waals surface area contributed by atoms with Crippen LogP contribution >= 0.6 is 11.3 Å². The molecule has 2 amide bonds. The number of nitrogens with one attached hydrogen (secondary N) is 2. The highest BCUT2D eigenvalue weighted by atomic mass is 32.1. The maximum Gasteiger partial charge on any atom is 0.261 e. The van der Waals surface area contributed by atoms with E-state index in [-0.39, 0.29) is 24.4 Å². The van der Waals surface area contributed by atoms with E-state index in [1.807, 2.05) is 38.1 Å². The second-order valence-corrected chi connectivity index (χ2v) is 7.07. The number of rotatable bonds is 5. The van der Waals surface area contributed by atoms with Crippen LogP contribution in [0.3, 0.4) is 0 Å². The van der Waals surface area contributed by atoms with Crippen molar-refractivity contribution >= 4 is 23.2 Å². The molecule has 1 unspecified atom stereocenters. The molecule has 3 rings (SSSR count). The lowest BCUT2D eigenvalue weighted by Gasteiger charge is -2.21. The summed E-state index contributed by atoms with van der Waals surface area (Å²) in [5, 5.41) is 5.50. The lowest BCUT2D eigenvalue weighted by Crippen LogP contribution is -2.37. The summed E-state index contributed by atoms with van der Waals surface area (Å²) < 4.78 is 11.0. The van der Waals surface area contributed by atoms with Crippen LogP contribution in [0.4, 0.5) is 0 Å². The Bertz CT molecular complexity index is 787. The van der Waals surface area contributed by atoms with Crippen molar-refractivity contribution in [3.63, 3.8) is 0 Å². The number of carbonyl (C=O) groups is 2. The van der Waals surface area contributed by atoms with E-state index >= 15 is 0 Å². The zero-order valence-electron chi connectivity index (χ0n) is 14.1. The van der Waals surface area contributed by atoms with Crippen LogP contribution < -0.4 is 20.1 Å². The number of hydrogen-bond donors (Lipinski definition) is 2. The number of ether oxygens (including phenoxy) is 2. The Labute approximate surface area is 150 Å². The van der Waals surface area contributed by atoms with Crippen molar-refractivity contribution in [3.8, 4) is 11.5 Å². The molecule has 0 radical (unpaired) electrons. The van der Waals surface area contributed by atoms with E-state index in [1.54, 1.807) is 6.07 Å². The Balaban J connectivity index is 1.53. The molecule has 1 atom stereocenters. The number of hydrogen-bond acceptors (Lipinski definition) is 5. The van der Waals surface area contributed by atoms with Crippen LogP contribution in [0.2, 0.25) is 0 Å². The number of thiophene rings is 1. The number of fused-ring (bicyclic) bond motifs is 1. The first-order valence-electron chi connectivity index (χ1n) is 8.06. The highest BCUT2D eigenvalue weighted by Gasteiger charge is 2.16. The Morgan fingerprint density at radius 2 is 1.92 bits per heavy atom. The van der Waals surface area contributed by atoms with Crippen LogP contribution in [0.1, 0.15) is 33.1 Å². The molecule has 7 heteroatoms. The van der Waals surface area contributed by atoms with Gasteiger partial charge in [0.15, 0.2) is 11.5 Å². The molecular formula is C18H20N2O4S. The molecule has 0 saturated carbocycles. The van der Waals surface area contributed by atoms with Gasteiger partial charge in [-0.25, -0.2) is 0 Å². The second-order valence-electron chi connectivity index (χ2n) is 5.79. The smallest absolute Gasteiger partial charge is 0.261 e. The van der Waals surface area contributed by atoms with Crippen LogP contribution in [-0.2, 0) is 4.79 Å². The Morgan fingerprint density at radius 3 is 2.64 bits per heavy atom. The van der Waals surface area contributed by atoms with Crippen molar-refractivity contribution < 1.29 is 19.1 Å². The van der Waals surface area contributed by atoms with Gasteiger partial charge >= 0.3 is 0 Å². The molecule has 0 spiro atoms. The third-order valence-electron chi connectivity index (χ3n) is 3.82. The van der Waals surface area contributed by atoms with Crippen LogP contribution in [0, 0.1) is 6.92 Å². The summed E-state index contributed by atoms with van der Waals surface area (Å²) in [6, 6.07) is 9.03. The second kappa shape index (κ2) is 7.57. The number of aryl methyl sites for hydroxylation is 1. The van der Waals surface area contributed by atoms with E-state index in [2.05, 4.69) is 10.6 Å². The van der Waals surface area contributed by atoms with Crippen molar-refractivity contribution in [3.05, 3.63) is 45.6 Å². The van der Waals surface area contributed by atoms with Crippen molar-refractivity contribution in [2.45, 2.75) is 19.9 Å². The minimum atomic E-state index is -0.246. The van der Waals surface area contributed by atoms with E-state index in [4.69, 9.17) is 9.47 Å². The topological polar surface area (TPSA) is 76.7 Å². The lowest BCUT2D eigenvalue weighted by atomic mass is 10.1. The van der Waals surface area contributed by atoms with Gasteiger partial charge in [-0.3, -0.25) is 9.59 Å². The van der Waals surface area contributed by atoms with Crippen molar-refractivity contribution in [1.29, 1.82) is 0 Å². The molecule has 2 N–H and O–H groups in total. The van der Waals surface area contributed by atoms with Crippen molar-refractivity contribution in [1.82, 2.24) is 10.6 Å². The molecular weight excluding hydrogens is 340 g/mol. The molecule has 0 fully saturated rings. The predicted molar refractivity (Wildman–Crippen MR) is 95.4 cm³/mol. The molecule has 6 nitrogen and oxygen atoms in total. The van der Waals surface area contributed by atoms with Crippen molar-refractivity contribution in [2.24, 2.45) is 0 Å². The molecule has 0 bridgehead atoms. The standard InChI is InChI=1S/C18H20N2O4S/c1-11-3-6-16(25-11)18(22)19-10-17(21)20-12(2)13-4-5-14-15(9-13)24-8-7-23-14/h3-6,9,12H,7-8,10H2,1-2H3,(H,19,22)(H,20,21). The van der Waals surface area contributed by atoms with Crippen LogP contribution in [0.5, 0.6) is 11.5 Å². The van der Waals surface area contributed by atoms with Crippen LogP contribution in [0.15, 0.2) is 30.3 Å². The Morgan fingerprint density at radius 1 is 1.16 bits per heavy atom. The highest BCUT2D eigenvalue weighted by molar-refractivity contribution is 7.13. The van der Waals surface area contributed by atoms with E-state index < -0.39 is 0 Å². The van der Waals surface area contributed by atoms with E-state index in [1.165, 1.54) is 11.3 Å². The number of carbonyl (C=O) groups excluding carboxylic acids is 2.